The molecule has 5 rings (SSSR count). The van der Waals surface area contributed by atoms with Crippen LogP contribution in [0, 0.1) is 0 Å². The molecule has 35 heavy (non-hydrogen) atoms. The van der Waals surface area contributed by atoms with Crippen molar-refractivity contribution in [2.45, 2.75) is 36.0 Å². The van der Waals surface area contributed by atoms with Crippen molar-refractivity contribution in [3.05, 3.63) is 88.4 Å². The van der Waals surface area contributed by atoms with Gasteiger partial charge in [-0.3, -0.25) is 4.79 Å². The molecule has 182 valence electrons. The predicted molar refractivity (Wildman–Crippen MR) is 137 cm³/mol. The van der Waals surface area contributed by atoms with Crippen LogP contribution in [0.4, 0.5) is 5.69 Å². The Labute approximate surface area is 210 Å². The molecule has 6 nitrogen and oxygen atoms in total. The first-order valence-electron chi connectivity index (χ1n) is 11.6. The highest BCUT2D eigenvalue weighted by Gasteiger charge is 2.41. The summed E-state index contributed by atoms with van der Waals surface area (Å²) in [6.45, 7) is 1.18. The van der Waals surface area contributed by atoms with Gasteiger partial charge in [-0.25, -0.2) is 13.1 Å². The predicted octanol–water partition coefficient (Wildman–Crippen LogP) is 4.49. The minimum atomic E-state index is -4.03. The van der Waals surface area contributed by atoms with Crippen LogP contribution in [0.15, 0.2) is 71.6 Å². The summed E-state index contributed by atoms with van der Waals surface area (Å²) in [5.41, 5.74) is 3.70. The number of aryl methyl sites for hydroxylation is 1. The van der Waals surface area contributed by atoms with Crippen molar-refractivity contribution in [3.63, 3.8) is 0 Å². The Hall–Kier alpha value is -3.03. The van der Waals surface area contributed by atoms with Gasteiger partial charge in [0.2, 0.25) is 5.91 Å². The molecular formula is C27H27ClN2O4S. The minimum Gasteiger partial charge on any atom is -0.490 e. The molecule has 8 heteroatoms. The number of hydrogen-bond acceptors (Lipinski definition) is 5. The molecule has 1 aliphatic heterocycles. The van der Waals surface area contributed by atoms with E-state index in [9.17, 15) is 13.2 Å². The molecule has 3 aromatic carbocycles. The number of fused-ring (bicyclic) bond motifs is 3. The third kappa shape index (κ3) is 4.75. The third-order valence-electron chi connectivity index (χ3n) is 6.89. The normalized spacial score (nSPS) is 19.3. The number of sulfonamides is 1. The second-order valence-electron chi connectivity index (χ2n) is 9.40. The molecule has 0 bridgehead atoms. The van der Waals surface area contributed by atoms with Crippen molar-refractivity contribution in [1.82, 2.24) is 4.72 Å². The molecular weight excluding hydrogens is 484 g/mol. The number of carbonyl (C=O) groups excluding carboxylic acids is 1. The zero-order chi connectivity index (χ0) is 24.6. The SMILES string of the molecule is CN1C[C@@]2(CCCc3cc(Cl)ccc32)COc2ccc(S(=O)(=O)NC(=O)Cc3ccccc3)cc21. The Morgan fingerprint density at radius 3 is 2.71 bits per heavy atom. The summed E-state index contributed by atoms with van der Waals surface area (Å²) in [6, 6.07) is 19.8. The lowest BCUT2D eigenvalue weighted by atomic mass is 9.70. The fourth-order valence-electron chi connectivity index (χ4n) is 5.26. The van der Waals surface area contributed by atoms with Crippen LogP contribution in [-0.4, -0.2) is 34.5 Å². The van der Waals surface area contributed by atoms with Crippen LogP contribution >= 0.6 is 11.6 Å². The summed E-state index contributed by atoms with van der Waals surface area (Å²) in [5.74, 6) is 0.0483. The Morgan fingerprint density at radius 1 is 1.11 bits per heavy atom. The maximum atomic E-state index is 13.0. The van der Waals surface area contributed by atoms with E-state index in [0.29, 0.717) is 24.6 Å². The number of benzene rings is 3. The van der Waals surface area contributed by atoms with E-state index in [2.05, 4.69) is 15.7 Å². The summed E-state index contributed by atoms with van der Waals surface area (Å²) >= 11 is 6.25. The van der Waals surface area contributed by atoms with Crippen LogP contribution in [-0.2, 0) is 33.1 Å². The van der Waals surface area contributed by atoms with E-state index in [-0.39, 0.29) is 16.7 Å². The minimum absolute atomic E-state index is 0.0139. The highest BCUT2D eigenvalue weighted by atomic mass is 35.5. The van der Waals surface area contributed by atoms with Gasteiger partial charge < -0.3 is 9.64 Å². The molecule has 1 amide bonds. The molecule has 0 aromatic heterocycles. The summed E-state index contributed by atoms with van der Waals surface area (Å²) < 4.78 is 34.5. The van der Waals surface area contributed by atoms with Crippen molar-refractivity contribution in [2.75, 3.05) is 25.1 Å². The van der Waals surface area contributed by atoms with Crippen molar-refractivity contribution in [3.8, 4) is 5.75 Å². The molecule has 0 saturated heterocycles. The van der Waals surface area contributed by atoms with Gasteiger partial charge >= 0.3 is 0 Å². The molecule has 3 aromatic rings. The standard InChI is InChI=1S/C27H27ClN2O4S/c1-30-17-27(13-5-8-20-15-21(28)9-11-23(20)27)18-34-25-12-10-22(16-24(25)30)35(32,33)29-26(31)14-19-6-3-2-4-7-19/h2-4,6-7,9-12,15-16H,5,8,13-14,17-18H2,1H3,(H,29,31)/t27-/m0/s1. The van der Waals surface area contributed by atoms with Crippen molar-refractivity contribution in [1.29, 1.82) is 0 Å². The Balaban J connectivity index is 1.39. The lowest BCUT2D eigenvalue weighted by Crippen LogP contribution is -2.44. The van der Waals surface area contributed by atoms with Crippen LogP contribution in [0.2, 0.25) is 5.02 Å². The van der Waals surface area contributed by atoms with Crippen LogP contribution in [0.25, 0.3) is 0 Å². The van der Waals surface area contributed by atoms with Gasteiger partial charge in [-0.05, 0) is 66.3 Å². The lowest BCUT2D eigenvalue weighted by molar-refractivity contribution is -0.118. The van der Waals surface area contributed by atoms with E-state index >= 15 is 0 Å². The molecule has 0 unspecified atom stereocenters. The topological polar surface area (TPSA) is 75.7 Å². The van der Waals surface area contributed by atoms with Crippen molar-refractivity contribution < 1.29 is 17.9 Å². The number of halogens is 1. The summed E-state index contributed by atoms with van der Waals surface area (Å²) in [7, 11) is -2.08. The Morgan fingerprint density at radius 2 is 1.91 bits per heavy atom. The number of anilines is 1. The Bertz CT molecular complexity index is 1380. The molecule has 0 saturated carbocycles. The number of ether oxygens (including phenoxy) is 1. The van der Waals surface area contributed by atoms with Crippen molar-refractivity contribution >= 4 is 33.2 Å². The number of carbonyl (C=O) groups is 1. The van der Waals surface area contributed by atoms with Crippen LogP contribution in [0.3, 0.4) is 0 Å². The molecule has 2 aliphatic rings. The first-order valence-corrected chi connectivity index (χ1v) is 13.5. The maximum Gasteiger partial charge on any atom is 0.264 e. The lowest BCUT2D eigenvalue weighted by Gasteiger charge is -2.39. The third-order valence-corrected chi connectivity index (χ3v) is 8.50. The number of likely N-dealkylation sites (N-methyl/N-ethyl adjacent to an activating group) is 1. The smallest absolute Gasteiger partial charge is 0.264 e. The van der Waals surface area contributed by atoms with Gasteiger partial charge in [-0.1, -0.05) is 48.0 Å². The highest BCUT2D eigenvalue weighted by Crippen LogP contribution is 2.44. The number of amides is 1. The second kappa shape index (κ2) is 9.21. The fourth-order valence-corrected chi connectivity index (χ4v) is 6.46. The van der Waals surface area contributed by atoms with Gasteiger partial charge in [0, 0.05) is 24.0 Å². The molecule has 0 radical (unpaired) electrons. The van der Waals surface area contributed by atoms with Gasteiger partial charge in [0.1, 0.15) is 5.75 Å². The monoisotopic (exact) mass is 510 g/mol. The average molecular weight is 511 g/mol. The van der Waals surface area contributed by atoms with E-state index < -0.39 is 15.9 Å². The van der Waals surface area contributed by atoms with Gasteiger partial charge in [0.05, 0.1) is 23.6 Å². The second-order valence-corrected chi connectivity index (χ2v) is 11.5. The molecule has 0 fully saturated rings. The highest BCUT2D eigenvalue weighted by molar-refractivity contribution is 7.90. The molecule has 1 heterocycles. The van der Waals surface area contributed by atoms with Crippen LogP contribution in [0.5, 0.6) is 5.75 Å². The van der Waals surface area contributed by atoms with Gasteiger partial charge in [-0.2, -0.15) is 0 Å². The fraction of sp³-hybridized carbons (Fsp3) is 0.296. The zero-order valence-electron chi connectivity index (χ0n) is 19.5. The Kier molecular flexibility index (Phi) is 6.23. The van der Waals surface area contributed by atoms with Crippen LogP contribution < -0.4 is 14.4 Å². The molecule has 1 atom stereocenters. The molecule has 1 N–H and O–H groups in total. The van der Waals surface area contributed by atoms with E-state index in [4.69, 9.17) is 16.3 Å². The van der Waals surface area contributed by atoms with Gasteiger partial charge in [0.25, 0.3) is 10.0 Å². The summed E-state index contributed by atoms with van der Waals surface area (Å²) in [4.78, 5) is 14.5. The van der Waals surface area contributed by atoms with E-state index in [1.165, 1.54) is 17.2 Å². The first kappa shape index (κ1) is 23.7. The van der Waals surface area contributed by atoms with Crippen molar-refractivity contribution in [2.24, 2.45) is 0 Å². The number of rotatable bonds is 4. The summed E-state index contributed by atoms with van der Waals surface area (Å²) in [6.07, 6.45) is 2.98. The quantitative estimate of drug-likeness (QED) is 0.559. The first-order chi connectivity index (χ1) is 16.8. The van der Waals surface area contributed by atoms with Crippen LogP contribution in [0.1, 0.15) is 29.5 Å². The van der Waals surface area contributed by atoms with E-state index in [1.54, 1.807) is 24.3 Å². The molecule has 1 aliphatic carbocycles. The summed E-state index contributed by atoms with van der Waals surface area (Å²) in [5, 5.41) is 0.733. The zero-order valence-corrected chi connectivity index (χ0v) is 21.0. The molecule has 1 spiro atoms. The largest absolute Gasteiger partial charge is 0.490 e. The van der Waals surface area contributed by atoms with E-state index in [1.807, 2.05) is 37.4 Å². The van der Waals surface area contributed by atoms with Gasteiger partial charge in [-0.15, -0.1) is 0 Å². The average Bonchev–Trinajstić information content (AvgIpc) is 2.96. The number of hydrogen-bond donors (Lipinski definition) is 1. The number of nitrogens with one attached hydrogen (secondary N) is 1. The number of nitrogens with zero attached hydrogens (tertiary/aromatic N) is 1. The van der Waals surface area contributed by atoms with Gasteiger partial charge in [0.15, 0.2) is 0 Å². The maximum absolute atomic E-state index is 13.0. The van der Waals surface area contributed by atoms with E-state index in [0.717, 1.165) is 29.8 Å².